The van der Waals surface area contributed by atoms with Crippen LogP contribution in [0.1, 0.15) is 12.5 Å². The molecule has 0 unspecified atom stereocenters. The van der Waals surface area contributed by atoms with Crippen LogP contribution in [0.3, 0.4) is 0 Å². The minimum absolute atomic E-state index is 0.394. The van der Waals surface area contributed by atoms with Gasteiger partial charge in [0.2, 0.25) is 0 Å². The van der Waals surface area contributed by atoms with Gasteiger partial charge >= 0.3 is 5.97 Å². The number of para-hydroxylation sites is 1. The zero-order valence-corrected chi connectivity index (χ0v) is 12.9. The van der Waals surface area contributed by atoms with Crippen LogP contribution in [0.2, 0.25) is 0 Å². The number of aromatic amines is 1. The summed E-state index contributed by atoms with van der Waals surface area (Å²) in [6.45, 7) is 3.25. The van der Waals surface area contributed by atoms with E-state index in [-0.39, 0.29) is 0 Å². The third-order valence-electron chi connectivity index (χ3n) is 3.70. The van der Waals surface area contributed by atoms with E-state index in [0.717, 1.165) is 27.4 Å². The van der Waals surface area contributed by atoms with Gasteiger partial charge in [-0.05, 0) is 13.0 Å². The Morgan fingerprint density at radius 3 is 2.36 bits per heavy atom. The van der Waals surface area contributed by atoms with Gasteiger partial charge in [-0.25, -0.2) is 0 Å². The lowest BCUT2D eigenvalue weighted by atomic mass is 10.1. The van der Waals surface area contributed by atoms with Gasteiger partial charge in [0.05, 0.1) is 25.1 Å². The highest BCUT2D eigenvalue weighted by atomic mass is 16.6. The predicted octanol–water partition coefficient (Wildman–Crippen LogP) is 3.57. The maximum Gasteiger partial charge on any atom is 0.308 e. The fraction of sp³-hybridized carbons (Fsp3) is 0.235. The molecule has 2 aromatic carbocycles. The van der Waals surface area contributed by atoms with Gasteiger partial charge < -0.3 is 19.2 Å². The number of methoxy groups -OCH3 is 2. The van der Waals surface area contributed by atoms with Crippen LogP contribution >= 0.6 is 0 Å². The summed E-state index contributed by atoms with van der Waals surface area (Å²) in [6, 6.07) is 7.81. The molecule has 0 aliphatic heterocycles. The van der Waals surface area contributed by atoms with Gasteiger partial charge in [0.15, 0.2) is 11.5 Å². The number of carbonyl (C=O) groups is 1. The minimum Gasteiger partial charge on any atom is -0.494 e. The molecule has 0 saturated carbocycles. The van der Waals surface area contributed by atoms with Gasteiger partial charge in [0.25, 0.3) is 0 Å². The summed E-state index contributed by atoms with van der Waals surface area (Å²) in [5, 5.41) is 1.73. The Labute approximate surface area is 127 Å². The first-order valence-corrected chi connectivity index (χ1v) is 6.91. The molecule has 0 spiro atoms. The number of rotatable bonds is 3. The normalized spacial score (nSPS) is 10.9. The monoisotopic (exact) mass is 299 g/mol. The second-order valence-corrected chi connectivity index (χ2v) is 5.03. The van der Waals surface area contributed by atoms with Crippen molar-refractivity contribution in [1.29, 1.82) is 0 Å². The molecular weight excluding hydrogens is 282 g/mol. The highest BCUT2D eigenvalue weighted by Crippen LogP contribution is 2.47. The van der Waals surface area contributed by atoms with E-state index in [0.29, 0.717) is 17.2 Å². The molecule has 0 aliphatic rings. The Hall–Kier alpha value is -2.69. The molecule has 114 valence electrons. The topological polar surface area (TPSA) is 60.6 Å². The Balaban J connectivity index is 2.54. The summed E-state index contributed by atoms with van der Waals surface area (Å²) in [6.07, 6.45) is 0. The highest BCUT2D eigenvalue weighted by molar-refractivity contribution is 6.14. The molecule has 0 atom stereocenters. The van der Waals surface area contributed by atoms with Crippen LogP contribution in [-0.2, 0) is 4.79 Å². The van der Waals surface area contributed by atoms with Crippen molar-refractivity contribution < 1.29 is 19.0 Å². The van der Waals surface area contributed by atoms with E-state index in [1.165, 1.54) is 6.92 Å². The van der Waals surface area contributed by atoms with Crippen LogP contribution < -0.4 is 14.2 Å². The summed E-state index contributed by atoms with van der Waals surface area (Å²) >= 11 is 0. The number of carbonyl (C=O) groups excluding carboxylic acids is 1. The number of hydrogen-bond acceptors (Lipinski definition) is 4. The van der Waals surface area contributed by atoms with Crippen LogP contribution in [0, 0.1) is 6.92 Å². The summed E-state index contributed by atoms with van der Waals surface area (Å²) in [4.78, 5) is 14.9. The van der Waals surface area contributed by atoms with E-state index in [2.05, 4.69) is 4.98 Å². The Kier molecular flexibility index (Phi) is 3.41. The van der Waals surface area contributed by atoms with Crippen molar-refractivity contribution in [3.63, 3.8) is 0 Å². The average molecular weight is 299 g/mol. The Morgan fingerprint density at radius 2 is 1.73 bits per heavy atom. The van der Waals surface area contributed by atoms with Crippen LogP contribution in [-0.4, -0.2) is 25.2 Å². The molecule has 0 amide bonds. The van der Waals surface area contributed by atoms with Crippen molar-refractivity contribution >= 4 is 27.8 Å². The summed E-state index contributed by atoms with van der Waals surface area (Å²) in [5.74, 6) is 1.21. The van der Waals surface area contributed by atoms with Gasteiger partial charge in [0.1, 0.15) is 5.75 Å². The molecular formula is C17H17NO4. The molecule has 5 heteroatoms. The first kappa shape index (κ1) is 14.3. The highest BCUT2D eigenvalue weighted by Gasteiger charge is 2.24. The number of esters is 1. The number of nitrogens with one attached hydrogen (secondary N) is 1. The van der Waals surface area contributed by atoms with Crippen molar-refractivity contribution in [1.82, 2.24) is 4.98 Å². The number of aromatic nitrogens is 1. The van der Waals surface area contributed by atoms with Crippen molar-refractivity contribution in [3.05, 3.63) is 29.8 Å². The fourth-order valence-corrected chi connectivity index (χ4v) is 2.86. The zero-order chi connectivity index (χ0) is 15.9. The van der Waals surface area contributed by atoms with Gasteiger partial charge in [-0.3, -0.25) is 4.79 Å². The molecule has 0 saturated heterocycles. The molecule has 1 heterocycles. The first-order valence-electron chi connectivity index (χ1n) is 6.91. The van der Waals surface area contributed by atoms with Crippen molar-refractivity contribution in [2.45, 2.75) is 13.8 Å². The number of hydrogen-bond donors (Lipinski definition) is 1. The van der Waals surface area contributed by atoms with Crippen molar-refractivity contribution in [3.8, 4) is 17.2 Å². The quantitative estimate of drug-likeness (QED) is 0.593. The summed E-state index contributed by atoms with van der Waals surface area (Å²) in [7, 11) is 3.16. The predicted molar refractivity (Wildman–Crippen MR) is 85.0 cm³/mol. The summed E-state index contributed by atoms with van der Waals surface area (Å²) < 4.78 is 16.5. The molecule has 1 aromatic heterocycles. The molecule has 22 heavy (non-hydrogen) atoms. The number of H-pyrrole nitrogens is 1. The lowest BCUT2D eigenvalue weighted by Crippen LogP contribution is -2.05. The maximum atomic E-state index is 11.5. The van der Waals surface area contributed by atoms with Gasteiger partial charge in [0, 0.05) is 23.4 Å². The largest absolute Gasteiger partial charge is 0.494 e. The van der Waals surface area contributed by atoms with E-state index in [9.17, 15) is 4.79 Å². The van der Waals surface area contributed by atoms with Crippen LogP contribution in [0.15, 0.2) is 24.3 Å². The van der Waals surface area contributed by atoms with Gasteiger partial charge in [-0.15, -0.1) is 0 Å². The van der Waals surface area contributed by atoms with E-state index in [1.807, 2.05) is 31.2 Å². The van der Waals surface area contributed by atoms with Gasteiger partial charge in [-0.1, -0.05) is 18.2 Å². The molecule has 0 radical (unpaired) electrons. The van der Waals surface area contributed by atoms with E-state index >= 15 is 0 Å². The summed E-state index contributed by atoms with van der Waals surface area (Å²) in [5.41, 5.74) is 2.51. The fourth-order valence-electron chi connectivity index (χ4n) is 2.86. The average Bonchev–Trinajstić information content (AvgIpc) is 2.86. The lowest BCUT2D eigenvalue weighted by Gasteiger charge is -2.16. The first-order chi connectivity index (χ1) is 10.6. The molecule has 0 bridgehead atoms. The number of fused-ring (bicyclic) bond motifs is 3. The second kappa shape index (κ2) is 5.26. The minimum atomic E-state index is -0.394. The van der Waals surface area contributed by atoms with Gasteiger partial charge in [-0.2, -0.15) is 0 Å². The van der Waals surface area contributed by atoms with Crippen LogP contribution in [0.25, 0.3) is 21.8 Å². The van der Waals surface area contributed by atoms with Crippen molar-refractivity contribution in [2.24, 2.45) is 0 Å². The molecule has 5 nitrogen and oxygen atoms in total. The van der Waals surface area contributed by atoms with Crippen LogP contribution in [0.5, 0.6) is 17.2 Å². The molecule has 0 aliphatic carbocycles. The number of ether oxygens (including phenoxy) is 3. The second-order valence-electron chi connectivity index (χ2n) is 5.03. The Bertz CT molecular complexity index is 879. The standard InChI is InChI=1S/C17H17NO4/c1-9-15(20-3)14-13(11-7-5-6-8-12(11)18-14)17(16(9)21-4)22-10(2)19/h5-8,18H,1-4H3. The molecule has 0 fully saturated rings. The maximum absolute atomic E-state index is 11.5. The van der Waals surface area contributed by atoms with E-state index < -0.39 is 5.97 Å². The smallest absolute Gasteiger partial charge is 0.308 e. The molecule has 3 rings (SSSR count). The molecule has 1 N–H and O–H groups in total. The molecule has 3 aromatic rings. The number of benzene rings is 2. The van der Waals surface area contributed by atoms with E-state index in [1.54, 1.807) is 14.2 Å². The zero-order valence-electron chi connectivity index (χ0n) is 12.9. The third-order valence-corrected chi connectivity index (χ3v) is 3.70. The Morgan fingerprint density at radius 1 is 1.05 bits per heavy atom. The lowest BCUT2D eigenvalue weighted by molar-refractivity contribution is -0.131. The third kappa shape index (κ3) is 1.97. The van der Waals surface area contributed by atoms with Crippen LogP contribution in [0.4, 0.5) is 0 Å². The van der Waals surface area contributed by atoms with Crippen molar-refractivity contribution in [2.75, 3.05) is 14.2 Å². The SMILES string of the molecule is COc1c(C)c(OC)c2[nH]c3ccccc3c2c1OC(C)=O. The van der Waals surface area contributed by atoms with E-state index in [4.69, 9.17) is 14.2 Å².